The van der Waals surface area contributed by atoms with Gasteiger partial charge in [0, 0.05) is 28.3 Å². The summed E-state index contributed by atoms with van der Waals surface area (Å²) in [4.78, 5) is 36.4. The van der Waals surface area contributed by atoms with Crippen molar-refractivity contribution >= 4 is 52.2 Å². The molecule has 3 aromatic carbocycles. The Morgan fingerprint density at radius 3 is 2.50 bits per heavy atom. The number of hydrogen-bond donors (Lipinski definition) is 2. The lowest BCUT2D eigenvalue weighted by atomic mass is 10.2. The van der Waals surface area contributed by atoms with E-state index in [9.17, 15) is 19.7 Å². The van der Waals surface area contributed by atoms with Crippen molar-refractivity contribution in [2.45, 2.75) is 23.5 Å². The van der Waals surface area contributed by atoms with Crippen molar-refractivity contribution in [2.75, 3.05) is 10.6 Å². The number of nitro benzene ring substituents is 1. The van der Waals surface area contributed by atoms with Gasteiger partial charge in [-0.3, -0.25) is 19.7 Å². The number of amides is 2. The standard InChI is InChI=1S/C23H20ClN3O4S/c1-2-21(23(29)26-20-12-4-3-11-19(20)24)32-18-10-6-8-16(14-18)25-22(28)15-7-5-9-17(13-15)27(30)31/h3-14,21H,2H2,1H3,(H,25,28)(H,26,29). The summed E-state index contributed by atoms with van der Waals surface area (Å²) in [6.07, 6.45) is 0.589. The third kappa shape index (κ3) is 6.09. The quantitative estimate of drug-likeness (QED) is 0.239. The van der Waals surface area contributed by atoms with Crippen LogP contribution in [0.2, 0.25) is 5.02 Å². The molecule has 0 saturated heterocycles. The van der Waals surface area contributed by atoms with E-state index in [4.69, 9.17) is 11.6 Å². The summed E-state index contributed by atoms with van der Waals surface area (Å²) < 4.78 is 0. The molecule has 0 aliphatic carbocycles. The number of anilines is 2. The van der Waals surface area contributed by atoms with Crippen LogP contribution in [0.5, 0.6) is 0 Å². The van der Waals surface area contributed by atoms with Gasteiger partial charge in [0.05, 0.1) is 20.9 Å². The maximum atomic E-state index is 12.7. The van der Waals surface area contributed by atoms with Gasteiger partial charge in [0.2, 0.25) is 5.91 Å². The van der Waals surface area contributed by atoms with Crippen LogP contribution in [0.25, 0.3) is 0 Å². The lowest BCUT2D eigenvalue weighted by Crippen LogP contribution is -2.24. The molecule has 2 amide bonds. The second-order valence-corrected chi connectivity index (χ2v) is 8.46. The number of rotatable bonds is 8. The topological polar surface area (TPSA) is 101 Å². The minimum Gasteiger partial charge on any atom is -0.324 e. The highest BCUT2D eigenvalue weighted by Gasteiger charge is 2.19. The fourth-order valence-corrected chi connectivity index (χ4v) is 4.07. The van der Waals surface area contributed by atoms with Crippen LogP contribution in [-0.4, -0.2) is 22.0 Å². The molecule has 0 aromatic heterocycles. The van der Waals surface area contributed by atoms with E-state index >= 15 is 0 Å². The average molecular weight is 470 g/mol. The second-order valence-electron chi connectivity index (χ2n) is 6.77. The third-order valence-corrected chi connectivity index (χ3v) is 6.17. The smallest absolute Gasteiger partial charge is 0.270 e. The highest BCUT2D eigenvalue weighted by atomic mass is 35.5. The first-order chi connectivity index (χ1) is 15.4. The molecule has 1 atom stereocenters. The Morgan fingerprint density at radius 1 is 1.03 bits per heavy atom. The van der Waals surface area contributed by atoms with Gasteiger partial charge in [-0.15, -0.1) is 11.8 Å². The zero-order chi connectivity index (χ0) is 23.1. The van der Waals surface area contributed by atoms with Gasteiger partial charge in [-0.05, 0) is 42.8 Å². The van der Waals surface area contributed by atoms with E-state index in [0.29, 0.717) is 22.8 Å². The molecule has 0 radical (unpaired) electrons. The SMILES string of the molecule is CCC(Sc1cccc(NC(=O)c2cccc([N+](=O)[O-])c2)c1)C(=O)Nc1ccccc1Cl. The number of carbonyl (C=O) groups excluding carboxylic acids is 2. The molecule has 9 heteroatoms. The van der Waals surface area contributed by atoms with E-state index in [1.165, 1.54) is 36.0 Å². The first-order valence-corrected chi connectivity index (χ1v) is 11.0. The van der Waals surface area contributed by atoms with Crippen LogP contribution in [0.3, 0.4) is 0 Å². The number of para-hydroxylation sites is 1. The summed E-state index contributed by atoms with van der Waals surface area (Å²) >= 11 is 7.49. The number of nitro groups is 1. The van der Waals surface area contributed by atoms with E-state index < -0.39 is 10.8 Å². The van der Waals surface area contributed by atoms with Gasteiger partial charge in [-0.1, -0.05) is 42.8 Å². The molecule has 0 heterocycles. The summed E-state index contributed by atoms with van der Waals surface area (Å²) in [5.41, 5.74) is 1.10. The molecule has 0 aliphatic heterocycles. The fraction of sp³-hybridized carbons (Fsp3) is 0.130. The van der Waals surface area contributed by atoms with Gasteiger partial charge in [-0.2, -0.15) is 0 Å². The van der Waals surface area contributed by atoms with Crippen molar-refractivity contribution in [3.05, 3.63) is 93.5 Å². The van der Waals surface area contributed by atoms with Gasteiger partial charge in [0.25, 0.3) is 11.6 Å². The van der Waals surface area contributed by atoms with E-state index in [1.807, 2.05) is 13.0 Å². The number of thioether (sulfide) groups is 1. The van der Waals surface area contributed by atoms with E-state index in [2.05, 4.69) is 10.6 Å². The predicted molar refractivity (Wildman–Crippen MR) is 128 cm³/mol. The Morgan fingerprint density at radius 2 is 1.78 bits per heavy atom. The number of nitrogens with one attached hydrogen (secondary N) is 2. The lowest BCUT2D eigenvalue weighted by molar-refractivity contribution is -0.384. The van der Waals surface area contributed by atoms with E-state index in [-0.39, 0.29) is 22.4 Å². The van der Waals surface area contributed by atoms with E-state index in [0.717, 1.165) is 4.90 Å². The summed E-state index contributed by atoms with van der Waals surface area (Å²) in [6, 6.07) is 19.6. The summed E-state index contributed by atoms with van der Waals surface area (Å²) in [5, 5.41) is 16.6. The Bertz CT molecular complexity index is 1160. The van der Waals surface area contributed by atoms with Crippen molar-refractivity contribution in [3.8, 4) is 0 Å². The number of carbonyl (C=O) groups is 2. The molecule has 3 aromatic rings. The normalized spacial score (nSPS) is 11.4. The van der Waals surface area contributed by atoms with Gasteiger partial charge in [0.1, 0.15) is 0 Å². The Balaban J connectivity index is 1.69. The monoisotopic (exact) mass is 469 g/mol. The summed E-state index contributed by atoms with van der Waals surface area (Å²) in [6.45, 7) is 1.91. The van der Waals surface area contributed by atoms with Crippen LogP contribution in [0.4, 0.5) is 17.1 Å². The van der Waals surface area contributed by atoms with Crippen molar-refractivity contribution in [1.29, 1.82) is 0 Å². The first kappa shape index (κ1) is 23.3. The van der Waals surface area contributed by atoms with Crippen LogP contribution < -0.4 is 10.6 Å². The van der Waals surface area contributed by atoms with Crippen molar-refractivity contribution in [2.24, 2.45) is 0 Å². The number of nitrogens with zero attached hydrogens (tertiary/aromatic N) is 1. The van der Waals surface area contributed by atoms with E-state index in [1.54, 1.807) is 42.5 Å². The Kier molecular flexibility index (Phi) is 7.86. The first-order valence-electron chi connectivity index (χ1n) is 9.75. The Labute approximate surface area is 194 Å². The number of benzene rings is 3. The number of hydrogen-bond acceptors (Lipinski definition) is 5. The molecule has 0 aliphatic rings. The molecule has 0 fully saturated rings. The molecule has 0 saturated carbocycles. The molecular weight excluding hydrogens is 450 g/mol. The van der Waals surface area contributed by atoms with Crippen LogP contribution >= 0.6 is 23.4 Å². The second kappa shape index (κ2) is 10.8. The molecule has 3 rings (SSSR count). The average Bonchev–Trinajstić information content (AvgIpc) is 2.79. The maximum Gasteiger partial charge on any atom is 0.270 e. The van der Waals surface area contributed by atoms with Crippen LogP contribution in [0.15, 0.2) is 77.7 Å². The lowest BCUT2D eigenvalue weighted by Gasteiger charge is -2.16. The molecular formula is C23H20ClN3O4S. The molecule has 0 spiro atoms. The molecule has 7 nitrogen and oxygen atoms in total. The van der Waals surface area contributed by atoms with Crippen molar-refractivity contribution in [1.82, 2.24) is 0 Å². The van der Waals surface area contributed by atoms with Gasteiger partial charge >= 0.3 is 0 Å². The highest BCUT2D eigenvalue weighted by molar-refractivity contribution is 8.00. The molecule has 32 heavy (non-hydrogen) atoms. The van der Waals surface area contributed by atoms with Crippen molar-refractivity contribution in [3.63, 3.8) is 0 Å². The van der Waals surface area contributed by atoms with Gasteiger partial charge < -0.3 is 10.6 Å². The van der Waals surface area contributed by atoms with Crippen molar-refractivity contribution < 1.29 is 14.5 Å². The van der Waals surface area contributed by atoms with Crippen LogP contribution in [0.1, 0.15) is 23.7 Å². The largest absolute Gasteiger partial charge is 0.324 e. The zero-order valence-electron chi connectivity index (χ0n) is 17.1. The zero-order valence-corrected chi connectivity index (χ0v) is 18.7. The van der Waals surface area contributed by atoms with Gasteiger partial charge in [0.15, 0.2) is 0 Å². The molecule has 164 valence electrons. The molecule has 0 bridgehead atoms. The van der Waals surface area contributed by atoms with Gasteiger partial charge in [-0.25, -0.2) is 0 Å². The predicted octanol–water partition coefficient (Wildman–Crippen LogP) is 6.01. The third-order valence-electron chi connectivity index (χ3n) is 4.48. The van der Waals surface area contributed by atoms with Crippen LogP contribution in [0, 0.1) is 10.1 Å². The summed E-state index contributed by atoms with van der Waals surface area (Å²) in [7, 11) is 0. The fourth-order valence-electron chi connectivity index (χ4n) is 2.87. The molecule has 1 unspecified atom stereocenters. The minimum absolute atomic E-state index is 0.155. The number of non-ortho nitro benzene ring substituents is 1. The number of halogens is 1. The maximum absolute atomic E-state index is 12.7. The molecule has 2 N–H and O–H groups in total. The minimum atomic E-state index is -0.549. The Hall–Kier alpha value is -3.36. The highest BCUT2D eigenvalue weighted by Crippen LogP contribution is 2.30. The van der Waals surface area contributed by atoms with Crippen LogP contribution in [-0.2, 0) is 4.79 Å². The summed E-state index contributed by atoms with van der Waals surface area (Å²) in [5.74, 6) is -0.629.